The fourth-order valence-corrected chi connectivity index (χ4v) is 2.75. The minimum absolute atomic E-state index is 0.167. The monoisotopic (exact) mass is 383 g/mol. The van der Waals surface area contributed by atoms with Crippen molar-refractivity contribution >= 4 is 29.1 Å². The van der Waals surface area contributed by atoms with Crippen molar-refractivity contribution in [3.8, 4) is 5.69 Å². The van der Waals surface area contributed by atoms with Gasteiger partial charge in [0.2, 0.25) is 0 Å². The van der Waals surface area contributed by atoms with E-state index in [0.29, 0.717) is 11.4 Å². The van der Waals surface area contributed by atoms with Gasteiger partial charge in [-0.2, -0.15) is 5.10 Å². The molecule has 27 heavy (non-hydrogen) atoms. The number of anilines is 2. The zero-order valence-corrected chi connectivity index (χ0v) is 16.5. The van der Waals surface area contributed by atoms with Gasteiger partial charge < -0.3 is 11.1 Å². The van der Waals surface area contributed by atoms with Gasteiger partial charge in [0.15, 0.2) is 0 Å². The summed E-state index contributed by atoms with van der Waals surface area (Å²) >= 11 is 5.99. The number of nitrogen functional groups attached to an aromatic ring is 1. The Kier molecular flexibility index (Phi) is 4.93. The third kappa shape index (κ3) is 3.95. The van der Waals surface area contributed by atoms with E-state index in [1.54, 1.807) is 4.68 Å². The van der Waals surface area contributed by atoms with Gasteiger partial charge in [-0.25, -0.2) is 9.67 Å². The highest BCUT2D eigenvalue weighted by Crippen LogP contribution is 2.28. The van der Waals surface area contributed by atoms with E-state index < -0.39 is 0 Å². The van der Waals surface area contributed by atoms with Crippen LogP contribution in [-0.4, -0.2) is 20.7 Å². The number of halogens is 1. The third-order valence-electron chi connectivity index (χ3n) is 4.19. The molecule has 7 heteroatoms. The molecule has 1 aromatic carbocycles. The number of nitrogens with one attached hydrogen (secondary N) is 1. The van der Waals surface area contributed by atoms with Crippen LogP contribution in [-0.2, 0) is 5.41 Å². The van der Waals surface area contributed by atoms with Crippen LogP contribution in [0.5, 0.6) is 0 Å². The van der Waals surface area contributed by atoms with Crippen LogP contribution in [0.1, 0.15) is 42.4 Å². The first-order valence-corrected chi connectivity index (χ1v) is 8.93. The Morgan fingerprint density at radius 2 is 1.93 bits per heavy atom. The molecule has 140 valence electrons. The largest absolute Gasteiger partial charge is 0.382 e. The first-order valence-electron chi connectivity index (χ1n) is 8.56. The molecule has 1 amide bonds. The number of para-hydroxylation sites is 1. The molecule has 3 rings (SSSR count). The molecule has 0 aliphatic rings. The number of pyridine rings is 1. The van der Waals surface area contributed by atoms with Crippen molar-refractivity contribution in [2.24, 2.45) is 0 Å². The SMILES string of the molecule is Cc1ccccc1-n1nc(C(C)(C)C)cc1NC(=O)c1cnc(N)c(Cl)c1. The molecule has 2 aromatic heterocycles. The van der Waals surface area contributed by atoms with Gasteiger partial charge in [0.1, 0.15) is 11.6 Å². The first kappa shape index (κ1) is 18.9. The zero-order chi connectivity index (χ0) is 19.8. The van der Waals surface area contributed by atoms with Gasteiger partial charge in [-0.15, -0.1) is 0 Å². The van der Waals surface area contributed by atoms with Crippen LogP contribution in [0.4, 0.5) is 11.6 Å². The predicted molar refractivity (Wildman–Crippen MR) is 109 cm³/mol. The molecule has 0 fully saturated rings. The average molecular weight is 384 g/mol. The molecule has 0 atom stereocenters. The Morgan fingerprint density at radius 3 is 2.56 bits per heavy atom. The van der Waals surface area contributed by atoms with Crippen LogP contribution in [0, 0.1) is 6.92 Å². The summed E-state index contributed by atoms with van der Waals surface area (Å²) in [5.74, 6) is 0.431. The minimum atomic E-state index is -0.334. The van der Waals surface area contributed by atoms with Crippen molar-refractivity contribution in [3.63, 3.8) is 0 Å². The fourth-order valence-electron chi connectivity index (χ4n) is 2.58. The van der Waals surface area contributed by atoms with Gasteiger partial charge in [-0.3, -0.25) is 4.79 Å². The Balaban J connectivity index is 2.03. The van der Waals surface area contributed by atoms with E-state index >= 15 is 0 Å². The average Bonchev–Trinajstić information content (AvgIpc) is 3.01. The van der Waals surface area contributed by atoms with E-state index in [2.05, 4.69) is 31.1 Å². The maximum Gasteiger partial charge on any atom is 0.258 e. The minimum Gasteiger partial charge on any atom is -0.382 e. The van der Waals surface area contributed by atoms with Crippen molar-refractivity contribution in [1.29, 1.82) is 0 Å². The molecule has 0 spiro atoms. The van der Waals surface area contributed by atoms with Crippen LogP contribution < -0.4 is 11.1 Å². The highest BCUT2D eigenvalue weighted by Gasteiger charge is 2.22. The second-order valence-corrected chi connectivity index (χ2v) is 7.82. The van der Waals surface area contributed by atoms with Crippen LogP contribution in [0.2, 0.25) is 5.02 Å². The third-order valence-corrected chi connectivity index (χ3v) is 4.50. The Morgan fingerprint density at radius 1 is 1.22 bits per heavy atom. The summed E-state index contributed by atoms with van der Waals surface area (Å²) in [5.41, 5.74) is 8.60. The highest BCUT2D eigenvalue weighted by atomic mass is 35.5. The quantitative estimate of drug-likeness (QED) is 0.703. The number of carbonyl (C=O) groups excluding carboxylic acids is 1. The number of hydrogen-bond acceptors (Lipinski definition) is 4. The zero-order valence-electron chi connectivity index (χ0n) is 15.7. The number of amides is 1. The molecule has 0 saturated carbocycles. The lowest BCUT2D eigenvalue weighted by molar-refractivity contribution is 0.102. The number of hydrogen-bond donors (Lipinski definition) is 2. The first-order chi connectivity index (χ1) is 12.7. The van der Waals surface area contributed by atoms with E-state index in [9.17, 15) is 4.79 Å². The summed E-state index contributed by atoms with van der Waals surface area (Å²) in [4.78, 5) is 16.7. The molecule has 0 bridgehead atoms. The van der Waals surface area contributed by atoms with Gasteiger partial charge in [-0.1, -0.05) is 50.6 Å². The highest BCUT2D eigenvalue weighted by molar-refractivity contribution is 6.33. The van der Waals surface area contributed by atoms with Gasteiger partial charge in [0.25, 0.3) is 5.91 Å². The number of aromatic nitrogens is 3. The maximum atomic E-state index is 12.7. The fraction of sp³-hybridized carbons (Fsp3) is 0.250. The predicted octanol–water partition coefficient (Wildman–Crippen LogP) is 4.36. The Labute approximate surface area is 163 Å². The van der Waals surface area contributed by atoms with Crippen molar-refractivity contribution < 1.29 is 4.79 Å². The number of rotatable bonds is 3. The lowest BCUT2D eigenvalue weighted by atomic mass is 9.92. The number of aryl methyl sites for hydroxylation is 1. The van der Waals surface area contributed by atoms with Crippen molar-refractivity contribution in [1.82, 2.24) is 14.8 Å². The van der Waals surface area contributed by atoms with Gasteiger partial charge in [-0.05, 0) is 24.6 Å². The van der Waals surface area contributed by atoms with Gasteiger partial charge >= 0.3 is 0 Å². The topological polar surface area (TPSA) is 85.8 Å². The summed E-state index contributed by atoms with van der Waals surface area (Å²) in [6.07, 6.45) is 1.40. The molecular formula is C20H22ClN5O. The van der Waals surface area contributed by atoms with Crippen LogP contribution in [0.3, 0.4) is 0 Å². The van der Waals surface area contributed by atoms with Crippen LogP contribution >= 0.6 is 11.6 Å². The van der Waals surface area contributed by atoms with E-state index in [1.165, 1.54) is 12.3 Å². The van der Waals surface area contributed by atoms with Crippen molar-refractivity contribution in [2.75, 3.05) is 11.1 Å². The van der Waals surface area contributed by atoms with E-state index in [1.807, 2.05) is 37.3 Å². The number of carbonyl (C=O) groups is 1. The maximum absolute atomic E-state index is 12.7. The molecule has 0 aliphatic heterocycles. The molecule has 6 nitrogen and oxygen atoms in total. The van der Waals surface area contributed by atoms with Crippen LogP contribution in [0.25, 0.3) is 5.69 Å². The smallest absolute Gasteiger partial charge is 0.258 e. The Bertz CT molecular complexity index is 1000. The number of benzene rings is 1. The standard InChI is InChI=1S/C20H22ClN5O/c1-12-7-5-6-8-15(12)26-17(10-16(25-26)20(2,3)4)24-19(27)13-9-14(21)18(22)23-11-13/h5-11H,1-4H3,(H2,22,23)(H,24,27). The molecule has 0 aliphatic carbocycles. The van der Waals surface area contributed by atoms with E-state index in [-0.39, 0.29) is 22.2 Å². The summed E-state index contributed by atoms with van der Waals surface area (Å²) in [6, 6.07) is 11.3. The lowest BCUT2D eigenvalue weighted by Gasteiger charge is -2.14. The summed E-state index contributed by atoms with van der Waals surface area (Å²) in [7, 11) is 0. The normalized spacial score (nSPS) is 11.4. The number of nitrogens with two attached hydrogens (primary N) is 1. The second-order valence-electron chi connectivity index (χ2n) is 7.41. The van der Waals surface area contributed by atoms with Crippen molar-refractivity contribution in [2.45, 2.75) is 33.1 Å². The molecule has 3 aromatic rings. The second kappa shape index (κ2) is 7.04. The Hall–Kier alpha value is -2.86. The van der Waals surface area contributed by atoms with Gasteiger partial charge in [0.05, 0.1) is 22.0 Å². The van der Waals surface area contributed by atoms with Gasteiger partial charge in [0, 0.05) is 17.7 Å². The molecule has 2 heterocycles. The summed E-state index contributed by atoms with van der Waals surface area (Å²) in [6.45, 7) is 8.23. The van der Waals surface area contributed by atoms with E-state index in [0.717, 1.165) is 16.9 Å². The lowest BCUT2D eigenvalue weighted by Crippen LogP contribution is -2.16. The molecule has 3 N–H and O–H groups in total. The number of nitrogens with zero attached hydrogens (tertiary/aromatic N) is 3. The summed E-state index contributed by atoms with van der Waals surface area (Å²) in [5, 5.41) is 7.89. The molecule has 0 unspecified atom stereocenters. The molecular weight excluding hydrogens is 362 g/mol. The summed E-state index contributed by atoms with van der Waals surface area (Å²) < 4.78 is 1.75. The van der Waals surface area contributed by atoms with Crippen molar-refractivity contribution in [3.05, 3.63) is 64.4 Å². The molecule has 0 saturated heterocycles. The van der Waals surface area contributed by atoms with E-state index in [4.69, 9.17) is 22.4 Å². The van der Waals surface area contributed by atoms with Crippen LogP contribution in [0.15, 0.2) is 42.6 Å². The molecule has 0 radical (unpaired) electrons.